The van der Waals surface area contributed by atoms with Crippen LogP contribution in [-0.4, -0.2) is 16.6 Å². The van der Waals surface area contributed by atoms with Crippen LogP contribution in [0.3, 0.4) is 0 Å². The Bertz CT molecular complexity index is 980. The standard InChI is InChI=1S/C24H27N3/c1-17(2)22-24(26(6)18(3)4)25-23(21-15-11-10-12-19(21)5)27(22)16-20-13-8-7-9-14-20/h7-15H,1,3,16H2,2,4-6H3. The van der Waals surface area contributed by atoms with Gasteiger partial charge in [0, 0.05) is 24.9 Å². The lowest BCUT2D eigenvalue weighted by molar-refractivity contribution is 0.794. The zero-order valence-corrected chi connectivity index (χ0v) is 16.7. The fraction of sp³-hybridized carbons (Fsp3) is 0.208. The molecular formula is C24H27N3. The molecular weight excluding hydrogens is 330 g/mol. The summed E-state index contributed by atoms with van der Waals surface area (Å²) < 4.78 is 2.27. The van der Waals surface area contributed by atoms with E-state index in [2.05, 4.69) is 73.2 Å². The molecule has 0 saturated carbocycles. The SMILES string of the molecule is C=C(C)c1c(N(C)C(=C)C)nc(-c2ccccc2C)n1Cc1ccccc1. The van der Waals surface area contributed by atoms with Gasteiger partial charge in [0.25, 0.3) is 0 Å². The Hall–Kier alpha value is -3.07. The predicted molar refractivity (Wildman–Crippen MR) is 116 cm³/mol. The van der Waals surface area contributed by atoms with Crippen molar-refractivity contribution in [1.82, 2.24) is 9.55 Å². The molecule has 0 unspecified atom stereocenters. The fourth-order valence-corrected chi connectivity index (χ4v) is 3.23. The number of allylic oxidation sites excluding steroid dienone is 2. The lowest BCUT2D eigenvalue weighted by Gasteiger charge is -2.19. The molecule has 1 heterocycles. The Morgan fingerprint density at radius 3 is 2.22 bits per heavy atom. The van der Waals surface area contributed by atoms with Crippen LogP contribution in [0.2, 0.25) is 0 Å². The van der Waals surface area contributed by atoms with Crippen molar-refractivity contribution in [2.24, 2.45) is 0 Å². The van der Waals surface area contributed by atoms with Gasteiger partial charge in [-0.15, -0.1) is 0 Å². The average molecular weight is 358 g/mol. The molecule has 0 atom stereocenters. The van der Waals surface area contributed by atoms with Crippen molar-refractivity contribution in [2.45, 2.75) is 27.3 Å². The van der Waals surface area contributed by atoms with Crippen molar-refractivity contribution >= 4 is 11.4 Å². The normalized spacial score (nSPS) is 10.7. The highest BCUT2D eigenvalue weighted by molar-refractivity contribution is 5.76. The van der Waals surface area contributed by atoms with Gasteiger partial charge in [-0.3, -0.25) is 0 Å². The van der Waals surface area contributed by atoms with Crippen molar-refractivity contribution in [3.05, 3.63) is 90.3 Å². The molecule has 0 bridgehead atoms. The summed E-state index contributed by atoms with van der Waals surface area (Å²) in [5.74, 6) is 1.85. The lowest BCUT2D eigenvalue weighted by atomic mass is 10.1. The molecule has 3 rings (SSSR count). The third kappa shape index (κ3) is 3.72. The molecule has 3 aromatic rings. The van der Waals surface area contributed by atoms with E-state index in [4.69, 9.17) is 4.98 Å². The summed E-state index contributed by atoms with van der Waals surface area (Å²) in [6.07, 6.45) is 0. The fourth-order valence-electron chi connectivity index (χ4n) is 3.23. The maximum atomic E-state index is 5.05. The van der Waals surface area contributed by atoms with Gasteiger partial charge in [0.2, 0.25) is 0 Å². The van der Waals surface area contributed by atoms with E-state index >= 15 is 0 Å². The lowest BCUT2D eigenvalue weighted by Crippen LogP contribution is -2.16. The van der Waals surface area contributed by atoms with Crippen LogP contribution in [0, 0.1) is 6.92 Å². The Balaban J connectivity index is 2.28. The van der Waals surface area contributed by atoms with Crippen molar-refractivity contribution in [2.75, 3.05) is 11.9 Å². The van der Waals surface area contributed by atoms with Crippen molar-refractivity contribution in [3.63, 3.8) is 0 Å². The van der Waals surface area contributed by atoms with E-state index in [9.17, 15) is 0 Å². The van der Waals surface area contributed by atoms with Gasteiger partial charge in [0.05, 0.1) is 5.69 Å². The minimum Gasteiger partial charge on any atom is -0.332 e. The second-order valence-electron chi connectivity index (χ2n) is 7.07. The second kappa shape index (κ2) is 7.67. The van der Waals surface area contributed by atoms with Gasteiger partial charge in [-0.05, 0) is 37.5 Å². The minimum atomic E-state index is 0.740. The molecule has 0 aliphatic heterocycles. The van der Waals surface area contributed by atoms with Gasteiger partial charge >= 0.3 is 0 Å². The van der Waals surface area contributed by atoms with Crippen molar-refractivity contribution in [1.29, 1.82) is 0 Å². The number of nitrogens with zero attached hydrogens (tertiary/aromatic N) is 3. The second-order valence-corrected chi connectivity index (χ2v) is 7.07. The van der Waals surface area contributed by atoms with Crippen LogP contribution in [0.25, 0.3) is 17.0 Å². The predicted octanol–water partition coefficient (Wildman–Crippen LogP) is 5.91. The summed E-state index contributed by atoms with van der Waals surface area (Å²) in [5.41, 5.74) is 6.55. The van der Waals surface area contributed by atoms with Crippen molar-refractivity contribution in [3.8, 4) is 11.4 Å². The number of aryl methyl sites for hydroxylation is 1. The molecule has 2 aromatic carbocycles. The van der Waals surface area contributed by atoms with E-state index in [-0.39, 0.29) is 0 Å². The van der Waals surface area contributed by atoms with Crippen LogP contribution in [-0.2, 0) is 6.54 Å². The Morgan fingerprint density at radius 2 is 1.63 bits per heavy atom. The Labute approximate surface area is 162 Å². The first kappa shape index (κ1) is 18.7. The van der Waals surface area contributed by atoms with Crippen LogP contribution in [0.1, 0.15) is 30.7 Å². The number of anilines is 1. The first-order valence-corrected chi connectivity index (χ1v) is 9.15. The minimum absolute atomic E-state index is 0.740. The molecule has 0 saturated heterocycles. The largest absolute Gasteiger partial charge is 0.332 e. The van der Waals surface area contributed by atoms with Gasteiger partial charge in [0.15, 0.2) is 5.82 Å². The molecule has 27 heavy (non-hydrogen) atoms. The van der Waals surface area contributed by atoms with E-state index in [1.165, 1.54) is 11.1 Å². The molecule has 0 spiro atoms. The number of aromatic nitrogens is 2. The van der Waals surface area contributed by atoms with Crippen molar-refractivity contribution < 1.29 is 0 Å². The molecule has 0 fully saturated rings. The first-order chi connectivity index (χ1) is 12.9. The molecule has 1 aromatic heterocycles. The zero-order chi connectivity index (χ0) is 19.6. The van der Waals surface area contributed by atoms with E-state index in [0.717, 1.165) is 40.7 Å². The smallest absolute Gasteiger partial charge is 0.159 e. The summed E-state index contributed by atoms with van der Waals surface area (Å²) >= 11 is 0. The molecule has 0 aliphatic carbocycles. The van der Waals surface area contributed by atoms with Gasteiger partial charge in [-0.1, -0.05) is 67.8 Å². The number of hydrogen-bond donors (Lipinski definition) is 0. The maximum Gasteiger partial charge on any atom is 0.159 e. The first-order valence-electron chi connectivity index (χ1n) is 9.15. The highest BCUT2D eigenvalue weighted by Crippen LogP contribution is 2.34. The van der Waals surface area contributed by atoms with E-state index in [1.807, 2.05) is 31.9 Å². The summed E-state index contributed by atoms with van der Waals surface area (Å²) in [4.78, 5) is 7.08. The van der Waals surface area contributed by atoms with Crippen LogP contribution >= 0.6 is 0 Å². The summed E-state index contributed by atoms with van der Waals surface area (Å²) in [7, 11) is 2.01. The number of benzene rings is 2. The quantitative estimate of drug-likeness (QED) is 0.547. The highest BCUT2D eigenvalue weighted by atomic mass is 15.2. The van der Waals surface area contributed by atoms with Gasteiger partial charge in [-0.2, -0.15) is 0 Å². The van der Waals surface area contributed by atoms with Crippen LogP contribution in [0.5, 0.6) is 0 Å². The molecule has 3 nitrogen and oxygen atoms in total. The monoisotopic (exact) mass is 357 g/mol. The molecule has 0 amide bonds. The molecule has 0 aliphatic rings. The molecule has 3 heteroatoms. The summed E-state index contributed by atoms with van der Waals surface area (Å²) in [5, 5.41) is 0. The Kier molecular flexibility index (Phi) is 5.31. The topological polar surface area (TPSA) is 21.1 Å². The summed E-state index contributed by atoms with van der Waals surface area (Å²) in [6, 6.07) is 18.8. The average Bonchev–Trinajstić information content (AvgIpc) is 3.01. The number of hydrogen-bond acceptors (Lipinski definition) is 2. The molecule has 0 radical (unpaired) electrons. The van der Waals surface area contributed by atoms with Crippen LogP contribution in [0.15, 0.2) is 73.5 Å². The van der Waals surface area contributed by atoms with Gasteiger partial charge in [0.1, 0.15) is 5.82 Å². The third-order valence-corrected chi connectivity index (χ3v) is 4.81. The van der Waals surface area contributed by atoms with E-state index in [1.54, 1.807) is 0 Å². The van der Waals surface area contributed by atoms with Gasteiger partial charge in [-0.25, -0.2) is 4.98 Å². The van der Waals surface area contributed by atoms with E-state index in [0.29, 0.717) is 0 Å². The Morgan fingerprint density at radius 1 is 1.00 bits per heavy atom. The van der Waals surface area contributed by atoms with Crippen LogP contribution < -0.4 is 4.90 Å². The number of rotatable bonds is 6. The van der Waals surface area contributed by atoms with Crippen LogP contribution in [0.4, 0.5) is 5.82 Å². The maximum absolute atomic E-state index is 5.05. The van der Waals surface area contributed by atoms with E-state index < -0.39 is 0 Å². The molecule has 0 N–H and O–H groups in total. The third-order valence-electron chi connectivity index (χ3n) is 4.81. The molecule has 138 valence electrons. The van der Waals surface area contributed by atoms with Gasteiger partial charge < -0.3 is 9.47 Å². The zero-order valence-electron chi connectivity index (χ0n) is 16.7. The highest BCUT2D eigenvalue weighted by Gasteiger charge is 2.22. The number of imidazole rings is 1. The summed E-state index contributed by atoms with van der Waals surface area (Å²) in [6.45, 7) is 15.2.